The van der Waals surface area contributed by atoms with Crippen molar-refractivity contribution in [1.29, 1.82) is 0 Å². The van der Waals surface area contributed by atoms with Crippen molar-refractivity contribution >= 4 is 49.9 Å². The summed E-state index contributed by atoms with van der Waals surface area (Å²) >= 11 is 7.04. The average molecular weight is 392 g/mol. The summed E-state index contributed by atoms with van der Waals surface area (Å²) in [5, 5.41) is 14.3. The standard InChI is InChI=1S/C17H14ClN3O4S/c1-2-7-25-11-4-6-13-15(9-11)26-17(19-13)20-16(22)12-5-3-10(18)8-14(12)21(23)24/h3-6,8-9H,2,7H2,1H3,(H,19,20,22). The highest BCUT2D eigenvalue weighted by atomic mass is 35.5. The molecule has 0 saturated carbocycles. The molecule has 0 saturated heterocycles. The zero-order chi connectivity index (χ0) is 18.7. The number of hydrogen-bond acceptors (Lipinski definition) is 6. The zero-order valence-electron chi connectivity index (χ0n) is 13.7. The monoisotopic (exact) mass is 391 g/mol. The molecule has 0 atom stereocenters. The van der Waals surface area contributed by atoms with Crippen LogP contribution in [0.5, 0.6) is 5.75 Å². The summed E-state index contributed by atoms with van der Waals surface area (Å²) in [6, 6.07) is 9.36. The second-order valence-electron chi connectivity index (χ2n) is 5.37. The first-order chi connectivity index (χ1) is 12.5. The molecule has 0 spiro atoms. The summed E-state index contributed by atoms with van der Waals surface area (Å²) in [5.74, 6) is 0.115. The Morgan fingerprint density at radius 1 is 1.35 bits per heavy atom. The molecule has 0 fully saturated rings. The lowest BCUT2D eigenvalue weighted by molar-refractivity contribution is -0.385. The smallest absolute Gasteiger partial charge is 0.283 e. The number of anilines is 1. The number of nitro benzene ring substituents is 1. The van der Waals surface area contributed by atoms with Crippen LogP contribution >= 0.6 is 22.9 Å². The van der Waals surface area contributed by atoms with E-state index in [0.717, 1.165) is 22.9 Å². The van der Waals surface area contributed by atoms with E-state index in [4.69, 9.17) is 16.3 Å². The zero-order valence-corrected chi connectivity index (χ0v) is 15.3. The Morgan fingerprint density at radius 2 is 2.15 bits per heavy atom. The number of thiazole rings is 1. The van der Waals surface area contributed by atoms with E-state index in [1.807, 2.05) is 19.1 Å². The van der Waals surface area contributed by atoms with Crippen molar-refractivity contribution in [2.24, 2.45) is 0 Å². The first kappa shape index (κ1) is 18.1. The van der Waals surface area contributed by atoms with Crippen LogP contribution in [0.2, 0.25) is 5.02 Å². The largest absolute Gasteiger partial charge is 0.494 e. The molecule has 9 heteroatoms. The van der Waals surface area contributed by atoms with Crippen LogP contribution in [-0.2, 0) is 0 Å². The highest BCUT2D eigenvalue weighted by Crippen LogP contribution is 2.30. The molecule has 0 aliphatic carbocycles. The number of aromatic nitrogens is 1. The van der Waals surface area contributed by atoms with Gasteiger partial charge in [0.05, 0.1) is 21.7 Å². The minimum absolute atomic E-state index is 0.0781. The minimum Gasteiger partial charge on any atom is -0.494 e. The quantitative estimate of drug-likeness (QED) is 0.476. The maximum absolute atomic E-state index is 12.4. The van der Waals surface area contributed by atoms with Gasteiger partial charge in [-0.05, 0) is 36.8 Å². The number of carbonyl (C=O) groups is 1. The van der Waals surface area contributed by atoms with Crippen LogP contribution in [0.1, 0.15) is 23.7 Å². The first-order valence-electron chi connectivity index (χ1n) is 7.76. The number of amides is 1. The molecular formula is C17H14ClN3O4S. The molecule has 3 rings (SSSR count). The van der Waals surface area contributed by atoms with Gasteiger partial charge in [-0.15, -0.1) is 0 Å². The topological polar surface area (TPSA) is 94.4 Å². The van der Waals surface area contributed by atoms with Gasteiger partial charge in [-0.25, -0.2) is 4.98 Å². The number of nitrogens with one attached hydrogen (secondary N) is 1. The summed E-state index contributed by atoms with van der Waals surface area (Å²) in [6.07, 6.45) is 0.905. The summed E-state index contributed by atoms with van der Waals surface area (Å²) in [6.45, 7) is 2.64. The highest BCUT2D eigenvalue weighted by Gasteiger charge is 2.21. The van der Waals surface area contributed by atoms with Gasteiger partial charge < -0.3 is 4.74 Å². The molecule has 0 bridgehead atoms. The van der Waals surface area contributed by atoms with Crippen molar-refractivity contribution in [2.75, 3.05) is 11.9 Å². The van der Waals surface area contributed by atoms with Gasteiger partial charge in [0.25, 0.3) is 11.6 Å². The summed E-state index contributed by atoms with van der Waals surface area (Å²) in [5.41, 5.74) is 0.275. The molecule has 3 aromatic rings. The Balaban J connectivity index is 1.84. The van der Waals surface area contributed by atoms with Crippen molar-refractivity contribution < 1.29 is 14.5 Å². The van der Waals surface area contributed by atoms with Crippen LogP contribution in [0.3, 0.4) is 0 Å². The van der Waals surface area contributed by atoms with Crippen LogP contribution in [0, 0.1) is 10.1 Å². The van der Waals surface area contributed by atoms with Crippen molar-refractivity contribution in [3.8, 4) is 5.75 Å². The molecule has 1 amide bonds. The molecule has 1 aromatic heterocycles. The molecule has 26 heavy (non-hydrogen) atoms. The summed E-state index contributed by atoms with van der Waals surface area (Å²) in [4.78, 5) is 27.2. The minimum atomic E-state index is -0.642. The van der Waals surface area contributed by atoms with Crippen LogP contribution < -0.4 is 10.1 Å². The molecule has 0 aliphatic heterocycles. The first-order valence-corrected chi connectivity index (χ1v) is 8.96. The van der Waals surface area contributed by atoms with Gasteiger partial charge in [-0.2, -0.15) is 0 Å². The third-order valence-corrected chi connectivity index (χ3v) is 4.62. The average Bonchev–Trinajstić information content (AvgIpc) is 3.01. The molecule has 0 aliphatic rings. The van der Waals surface area contributed by atoms with E-state index in [1.54, 1.807) is 6.07 Å². The molecule has 1 heterocycles. The van der Waals surface area contributed by atoms with Crippen molar-refractivity contribution in [3.05, 3.63) is 57.1 Å². The van der Waals surface area contributed by atoms with Crippen LogP contribution in [0.4, 0.5) is 10.8 Å². The van der Waals surface area contributed by atoms with Crippen LogP contribution in [0.25, 0.3) is 10.2 Å². The molecule has 0 radical (unpaired) electrons. The number of nitro groups is 1. The normalized spacial score (nSPS) is 10.7. The van der Waals surface area contributed by atoms with Gasteiger partial charge in [0.2, 0.25) is 0 Å². The number of fused-ring (bicyclic) bond motifs is 1. The van der Waals surface area contributed by atoms with Gasteiger partial charge in [-0.1, -0.05) is 29.9 Å². The lowest BCUT2D eigenvalue weighted by atomic mass is 10.1. The number of carbonyl (C=O) groups excluding carboxylic acids is 1. The van der Waals surface area contributed by atoms with E-state index in [-0.39, 0.29) is 16.3 Å². The predicted octanol–water partition coefficient (Wildman–Crippen LogP) is 4.90. The van der Waals surface area contributed by atoms with Crippen LogP contribution in [-0.4, -0.2) is 22.4 Å². The second kappa shape index (κ2) is 7.67. The second-order valence-corrected chi connectivity index (χ2v) is 6.84. The fourth-order valence-corrected chi connectivity index (χ4v) is 3.34. The lowest BCUT2D eigenvalue weighted by Crippen LogP contribution is -2.13. The Morgan fingerprint density at radius 3 is 2.88 bits per heavy atom. The van der Waals surface area contributed by atoms with E-state index in [0.29, 0.717) is 17.3 Å². The number of nitrogens with zero attached hydrogens (tertiary/aromatic N) is 2. The molecule has 134 valence electrons. The fourth-order valence-electron chi connectivity index (χ4n) is 2.28. The third-order valence-electron chi connectivity index (χ3n) is 3.45. The van der Waals surface area contributed by atoms with E-state index in [1.165, 1.54) is 23.5 Å². The van der Waals surface area contributed by atoms with Gasteiger partial charge in [0.1, 0.15) is 11.3 Å². The Kier molecular flexibility index (Phi) is 5.34. The van der Waals surface area contributed by atoms with Crippen molar-refractivity contribution in [3.63, 3.8) is 0 Å². The Hall–Kier alpha value is -2.71. The third kappa shape index (κ3) is 3.92. The van der Waals surface area contributed by atoms with Gasteiger partial charge in [0.15, 0.2) is 5.13 Å². The highest BCUT2D eigenvalue weighted by molar-refractivity contribution is 7.22. The molecule has 7 nitrogen and oxygen atoms in total. The van der Waals surface area contributed by atoms with Crippen molar-refractivity contribution in [2.45, 2.75) is 13.3 Å². The Bertz CT molecular complexity index is 989. The summed E-state index contributed by atoms with van der Waals surface area (Å²) in [7, 11) is 0. The van der Waals surface area contributed by atoms with E-state index in [9.17, 15) is 14.9 Å². The number of rotatable bonds is 6. The van der Waals surface area contributed by atoms with Gasteiger partial charge in [-0.3, -0.25) is 20.2 Å². The van der Waals surface area contributed by atoms with E-state index in [2.05, 4.69) is 10.3 Å². The van der Waals surface area contributed by atoms with Crippen LogP contribution in [0.15, 0.2) is 36.4 Å². The maximum Gasteiger partial charge on any atom is 0.283 e. The van der Waals surface area contributed by atoms with Gasteiger partial charge >= 0.3 is 0 Å². The van der Waals surface area contributed by atoms with E-state index < -0.39 is 10.8 Å². The number of hydrogen-bond donors (Lipinski definition) is 1. The van der Waals surface area contributed by atoms with Gasteiger partial charge in [0, 0.05) is 11.1 Å². The lowest BCUT2D eigenvalue weighted by Gasteiger charge is -2.03. The number of halogens is 1. The van der Waals surface area contributed by atoms with E-state index >= 15 is 0 Å². The van der Waals surface area contributed by atoms with Crippen molar-refractivity contribution in [1.82, 2.24) is 4.98 Å². The fraction of sp³-hybridized carbons (Fsp3) is 0.176. The SMILES string of the molecule is CCCOc1ccc2nc(NC(=O)c3ccc(Cl)cc3[N+](=O)[O-])sc2c1. The molecule has 1 N–H and O–H groups in total. The maximum atomic E-state index is 12.4. The Labute approximate surface area is 157 Å². The summed E-state index contributed by atoms with van der Waals surface area (Å²) < 4.78 is 6.43. The predicted molar refractivity (Wildman–Crippen MR) is 101 cm³/mol. The molecular weight excluding hydrogens is 378 g/mol. The number of benzene rings is 2. The number of ether oxygens (including phenoxy) is 1. The molecule has 2 aromatic carbocycles. The molecule has 0 unspecified atom stereocenters.